The number of nitrogens with one attached hydrogen (secondary N) is 1. The second kappa shape index (κ2) is 12.4. The third-order valence-electron chi connectivity index (χ3n) is 5.02. The Balaban J connectivity index is 2.25. The molecule has 180 valence electrons. The van der Waals surface area contributed by atoms with Crippen molar-refractivity contribution in [2.75, 3.05) is 33.1 Å². The van der Waals surface area contributed by atoms with Gasteiger partial charge in [0.2, 0.25) is 21.8 Å². The Morgan fingerprint density at radius 3 is 2.21 bits per heavy atom. The lowest BCUT2D eigenvalue weighted by Gasteiger charge is -2.31. The van der Waals surface area contributed by atoms with Crippen LogP contribution in [0, 0.1) is 5.82 Å². The topological polar surface area (TPSA) is 96.0 Å². The van der Waals surface area contributed by atoms with Crippen LogP contribution in [-0.4, -0.2) is 68.5 Å². The number of amides is 2. The van der Waals surface area contributed by atoms with Gasteiger partial charge in [0.05, 0.1) is 19.4 Å². The maximum Gasteiger partial charge on any atom is 0.242 e. The molecule has 0 bridgehead atoms. The number of ether oxygens (including phenoxy) is 1. The van der Waals surface area contributed by atoms with Crippen molar-refractivity contribution < 1.29 is 27.1 Å². The summed E-state index contributed by atoms with van der Waals surface area (Å²) in [5, 5.41) is 2.69. The number of carbonyl (C=O) groups excluding carboxylic acids is 2. The molecule has 0 aromatic heterocycles. The third kappa shape index (κ3) is 8.56. The molecule has 0 aliphatic heterocycles. The Hall–Kier alpha value is -2.82. The van der Waals surface area contributed by atoms with E-state index in [4.69, 9.17) is 4.74 Å². The molecule has 2 aromatic rings. The van der Waals surface area contributed by atoms with Gasteiger partial charge in [0.15, 0.2) is 0 Å². The van der Waals surface area contributed by atoms with Gasteiger partial charge in [-0.2, -0.15) is 4.31 Å². The summed E-state index contributed by atoms with van der Waals surface area (Å²) in [5.41, 5.74) is 1.33. The average Bonchev–Trinajstić information content (AvgIpc) is 2.78. The van der Waals surface area contributed by atoms with E-state index < -0.39 is 40.2 Å². The number of hydrogen-bond donors (Lipinski definition) is 1. The highest BCUT2D eigenvalue weighted by atomic mass is 32.2. The highest BCUT2D eigenvalue weighted by Crippen LogP contribution is 2.14. The first kappa shape index (κ1) is 26.4. The fraction of sp³-hybridized carbons (Fsp3) is 0.391. The van der Waals surface area contributed by atoms with E-state index in [0.717, 1.165) is 16.1 Å². The van der Waals surface area contributed by atoms with Crippen LogP contribution in [0.5, 0.6) is 0 Å². The van der Waals surface area contributed by atoms with Crippen LogP contribution in [0.1, 0.15) is 18.1 Å². The Morgan fingerprint density at radius 1 is 1.03 bits per heavy atom. The molecule has 0 aliphatic carbocycles. The van der Waals surface area contributed by atoms with Crippen molar-refractivity contribution in [3.05, 3.63) is 71.5 Å². The van der Waals surface area contributed by atoms with Gasteiger partial charge in [-0.1, -0.05) is 42.5 Å². The number of carbonyl (C=O) groups is 2. The smallest absolute Gasteiger partial charge is 0.242 e. The zero-order chi connectivity index (χ0) is 24.4. The first-order chi connectivity index (χ1) is 15.6. The van der Waals surface area contributed by atoms with Gasteiger partial charge in [-0.05, 0) is 30.2 Å². The third-order valence-corrected chi connectivity index (χ3v) is 6.22. The normalized spacial score (nSPS) is 12.4. The number of sulfonamides is 1. The predicted octanol–water partition coefficient (Wildman–Crippen LogP) is 1.77. The molecule has 0 aliphatic rings. The van der Waals surface area contributed by atoms with Crippen molar-refractivity contribution in [3.63, 3.8) is 0 Å². The molecule has 0 fully saturated rings. The van der Waals surface area contributed by atoms with Gasteiger partial charge in [-0.3, -0.25) is 9.59 Å². The molecular weight excluding hydrogens is 449 g/mol. The molecule has 1 atom stereocenters. The molecule has 0 radical (unpaired) electrons. The van der Waals surface area contributed by atoms with E-state index in [-0.39, 0.29) is 19.6 Å². The van der Waals surface area contributed by atoms with E-state index in [1.807, 2.05) is 6.07 Å². The fourth-order valence-electron chi connectivity index (χ4n) is 3.11. The number of benzene rings is 2. The molecule has 2 rings (SSSR count). The van der Waals surface area contributed by atoms with E-state index in [2.05, 4.69) is 5.32 Å². The van der Waals surface area contributed by atoms with Crippen LogP contribution in [0.2, 0.25) is 0 Å². The summed E-state index contributed by atoms with van der Waals surface area (Å²) in [4.78, 5) is 27.2. The van der Waals surface area contributed by atoms with Gasteiger partial charge in [-0.25, -0.2) is 12.8 Å². The van der Waals surface area contributed by atoms with E-state index >= 15 is 0 Å². The minimum atomic E-state index is -3.71. The number of hydrogen-bond acceptors (Lipinski definition) is 5. The molecular formula is C23H30FN3O5S. The number of nitrogens with zero attached hydrogens (tertiary/aromatic N) is 2. The average molecular weight is 480 g/mol. The summed E-state index contributed by atoms with van der Waals surface area (Å²) in [7, 11) is -2.21. The largest absolute Gasteiger partial charge is 0.383 e. The van der Waals surface area contributed by atoms with E-state index in [1.54, 1.807) is 31.2 Å². The molecule has 0 heterocycles. The molecule has 1 N–H and O–H groups in total. The van der Waals surface area contributed by atoms with Crippen molar-refractivity contribution >= 4 is 21.8 Å². The molecule has 0 spiro atoms. The highest BCUT2D eigenvalue weighted by molar-refractivity contribution is 7.88. The summed E-state index contributed by atoms with van der Waals surface area (Å²) < 4.78 is 44.1. The fourth-order valence-corrected chi connectivity index (χ4v) is 3.84. The second-order valence-corrected chi connectivity index (χ2v) is 9.61. The molecule has 0 saturated heterocycles. The van der Waals surface area contributed by atoms with Crippen molar-refractivity contribution in [3.8, 4) is 0 Å². The van der Waals surface area contributed by atoms with E-state index in [0.29, 0.717) is 12.2 Å². The van der Waals surface area contributed by atoms with Gasteiger partial charge in [-0.15, -0.1) is 0 Å². The summed E-state index contributed by atoms with van der Waals surface area (Å²) in [6.45, 7) is 1.73. The summed E-state index contributed by atoms with van der Waals surface area (Å²) in [6, 6.07) is 13.6. The van der Waals surface area contributed by atoms with Crippen LogP contribution >= 0.6 is 0 Å². The SMILES string of the molecule is COCCNC(=O)[C@H](C)N(Cc1ccc(F)cc1)C(=O)CN(Cc1ccccc1)S(C)(=O)=O. The van der Waals surface area contributed by atoms with Crippen LogP contribution in [0.3, 0.4) is 0 Å². The van der Waals surface area contributed by atoms with E-state index in [1.165, 1.54) is 36.3 Å². The minimum Gasteiger partial charge on any atom is -0.383 e. The van der Waals surface area contributed by atoms with Crippen LogP contribution in [0.4, 0.5) is 4.39 Å². The second-order valence-electron chi connectivity index (χ2n) is 7.62. The minimum absolute atomic E-state index is 0.0148. The monoisotopic (exact) mass is 479 g/mol. The standard InChI is InChI=1S/C23H30FN3O5S/c1-18(23(29)25-13-14-32-2)27(16-20-9-11-21(24)12-10-20)22(28)17-26(33(3,30)31)15-19-7-5-4-6-8-19/h4-12,18H,13-17H2,1-3H3,(H,25,29)/t18-/m0/s1. The van der Waals surface area contributed by atoms with Gasteiger partial charge >= 0.3 is 0 Å². The zero-order valence-corrected chi connectivity index (χ0v) is 19.8. The van der Waals surface area contributed by atoms with Crippen LogP contribution in [-0.2, 0) is 37.4 Å². The van der Waals surface area contributed by atoms with Crippen molar-refractivity contribution in [2.45, 2.75) is 26.1 Å². The van der Waals surface area contributed by atoms with Gasteiger partial charge in [0, 0.05) is 26.7 Å². The summed E-state index contributed by atoms with van der Waals surface area (Å²) >= 11 is 0. The Morgan fingerprint density at radius 2 is 1.64 bits per heavy atom. The van der Waals surface area contributed by atoms with E-state index in [9.17, 15) is 22.4 Å². The molecule has 2 amide bonds. The zero-order valence-electron chi connectivity index (χ0n) is 19.0. The summed E-state index contributed by atoms with van der Waals surface area (Å²) in [5.74, 6) is -1.38. The van der Waals surface area contributed by atoms with Crippen LogP contribution in [0.15, 0.2) is 54.6 Å². The number of rotatable bonds is 12. The van der Waals surface area contributed by atoms with Crippen molar-refractivity contribution in [2.24, 2.45) is 0 Å². The maximum atomic E-state index is 13.3. The lowest BCUT2D eigenvalue weighted by Crippen LogP contribution is -2.51. The van der Waals surface area contributed by atoms with Crippen molar-refractivity contribution in [1.82, 2.24) is 14.5 Å². The first-order valence-electron chi connectivity index (χ1n) is 10.4. The lowest BCUT2D eigenvalue weighted by atomic mass is 10.1. The summed E-state index contributed by atoms with van der Waals surface area (Å²) in [6.07, 6.45) is 1.04. The van der Waals surface area contributed by atoms with Crippen LogP contribution in [0.25, 0.3) is 0 Å². The highest BCUT2D eigenvalue weighted by Gasteiger charge is 2.29. The number of halogens is 1. The molecule has 0 unspecified atom stereocenters. The van der Waals surface area contributed by atoms with Gasteiger partial charge in [0.25, 0.3) is 0 Å². The first-order valence-corrected chi connectivity index (χ1v) is 12.3. The molecule has 8 nitrogen and oxygen atoms in total. The Labute approximate surface area is 194 Å². The Kier molecular flexibility index (Phi) is 9.95. The van der Waals surface area contributed by atoms with Gasteiger partial charge in [0.1, 0.15) is 11.9 Å². The quantitative estimate of drug-likeness (QED) is 0.468. The van der Waals surface area contributed by atoms with Gasteiger partial charge < -0.3 is 15.0 Å². The molecule has 2 aromatic carbocycles. The Bertz CT molecular complexity index is 1020. The molecule has 33 heavy (non-hydrogen) atoms. The van der Waals surface area contributed by atoms with Crippen molar-refractivity contribution in [1.29, 1.82) is 0 Å². The molecule has 0 saturated carbocycles. The lowest BCUT2D eigenvalue weighted by molar-refractivity contribution is -0.140. The maximum absolute atomic E-state index is 13.3. The van der Waals surface area contributed by atoms with Crippen LogP contribution < -0.4 is 5.32 Å². The number of methoxy groups -OCH3 is 1. The molecule has 10 heteroatoms. The predicted molar refractivity (Wildman–Crippen MR) is 123 cm³/mol.